The van der Waals surface area contributed by atoms with E-state index in [-0.39, 0.29) is 61.0 Å². The highest BCUT2D eigenvalue weighted by molar-refractivity contribution is 8.46. The van der Waals surface area contributed by atoms with E-state index in [2.05, 4.69) is 74.5 Å². The molecule has 0 saturated carbocycles. The van der Waals surface area contributed by atoms with E-state index < -0.39 is 39.6 Å². The summed E-state index contributed by atoms with van der Waals surface area (Å²) in [6, 6.07) is 24.5. The van der Waals surface area contributed by atoms with Crippen LogP contribution < -0.4 is 24.0 Å². The molecule has 4 saturated heterocycles. The molecule has 4 aliphatic rings. The summed E-state index contributed by atoms with van der Waals surface area (Å²) in [5.41, 5.74) is 1.56. The van der Waals surface area contributed by atoms with Crippen molar-refractivity contribution >= 4 is 32.5 Å². The van der Waals surface area contributed by atoms with Gasteiger partial charge >= 0.3 is 0 Å². The van der Waals surface area contributed by atoms with Gasteiger partial charge in [-0.05, 0) is 106 Å². The topological polar surface area (TPSA) is 130 Å². The van der Waals surface area contributed by atoms with Gasteiger partial charge in [-0.2, -0.15) is 5.10 Å². The zero-order chi connectivity index (χ0) is 49.5. The van der Waals surface area contributed by atoms with Crippen LogP contribution >= 0.6 is 10.2 Å². The molecule has 5 heterocycles. The number of ether oxygens (including phenoxy) is 4. The van der Waals surface area contributed by atoms with Crippen molar-refractivity contribution in [3.05, 3.63) is 121 Å². The standard InChI is InChI=1S/C53H67F3N8O6S/c1-4-5-8-27-67-50-21-11-40(29-49(50)56)59-71(33-44(64(38(2)3)52(71)66)30-62-22-7-6-9-43(62)31-65)46-18-14-42(15-19-46)61-25-23-60(24-26-61)41-12-16-45(17-13-41)68-32-51-69-35-53(70-51,34-63-37-57-36-58-63)47-20-10-39(54)28-48(47)55/h10-21,28-29,36-38,43-44,51,59,65H,4-9,22-27,30-35H2,1-3H3/t43?,44?,51-,53+/m0/s1. The summed E-state index contributed by atoms with van der Waals surface area (Å²) in [5.74, 6) is -0.492. The van der Waals surface area contributed by atoms with Gasteiger partial charge in [0.05, 0.1) is 32.4 Å². The van der Waals surface area contributed by atoms with E-state index in [1.807, 2.05) is 35.2 Å². The number of piperidine rings is 1. The Bertz CT molecular complexity index is 2540. The average molecular weight is 1000 g/mol. The molecule has 4 aromatic carbocycles. The Morgan fingerprint density at radius 2 is 1.62 bits per heavy atom. The Kier molecular flexibility index (Phi) is 16.0. The van der Waals surface area contributed by atoms with Crippen molar-refractivity contribution in [3.63, 3.8) is 0 Å². The van der Waals surface area contributed by atoms with E-state index in [9.17, 15) is 9.50 Å². The van der Waals surface area contributed by atoms with Crippen LogP contribution in [0.1, 0.15) is 64.9 Å². The van der Waals surface area contributed by atoms with Crippen LogP contribution in [0, 0.1) is 17.5 Å². The number of amides is 1. The molecule has 1 aromatic heterocycles. The summed E-state index contributed by atoms with van der Waals surface area (Å²) in [5, 5.41) is 14.5. The van der Waals surface area contributed by atoms with Crippen molar-refractivity contribution in [2.24, 2.45) is 0 Å². The summed E-state index contributed by atoms with van der Waals surface area (Å²) in [7, 11) is -2.42. The predicted molar refractivity (Wildman–Crippen MR) is 270 cm³/mol. The second kappa shape index (κ2) is 22.5. The van der Waals surface area contributed by atoms with Gasteiger partial charge in [-0.1, -0.05) is 42.5 Å². The Hall–Kier alpha value is -5.53. The molecule has 0 spiro atoms. The summed E-state index contributed by atoms with van der Waals surface area (Å²) in [4.78, 5) is 29.1. The monoisotopic (exact) mass is 1000 g/mol. The first-order valence-corrected chi connectivity index (χ1v) is 26.9. The Balaban J connectivity index is 0.850. The lowest BCUT2D eigenvalue weighted by molar-refractivity contribution is -0.117. The smallest absolute Gasteiger partial charge is 0.285 e. The minimum absolute atomic E-state index is 0.00771. The number of hydrogen-bond acceptors (Lipinski definition) is 12. The second-order valence-electron chi connectivity index (χ2n) is 19.3. The molecule has 4 aliphatic heterocycles. The zero-order valence-corrected chi connectivity index (χ0v) is 41.8. The third-order valence-corrected chi connectivity index (χ3v) is 17.5. The maximum absolute atomic E-state index is 15.6. The van der Waals surface area contributed by atoms with Gasteiger partial charge < -0.3 is 43.5 Å². The van der Waals surface area contributed by atoms with E-state index in [1.165, 1.54) is 35.5 Å². The van der Waals surface area contributed by atoms with Crippen molar-refractivity contribution in [2.45, 2.75) is 101 Å². The molecule has 18 heteroatoms. The molecule has 14 nitrogen and oxygen atoms in total. The van der Waals surface area contributed by atoms with Gasteiger partial charge in [0.15, 0.2) is 17.9 Å². The maximum atomic E-state index is 15.6. The van der Waals surface area contributed by atoms with E-state index in [1.54, 1.807) is 6.07 Å². The number of likely N-dealkylation sites (tertiary alicyclic amines) is 1. The lowest BCUT2D eigenvalue weighted by atomic mass is 9.94. The van der Waals surface area contributed by atoms with E-state index in [4.69, 9.17) is 18.9 Å². The number of nitrogens with one attached hydrogen (secondary N) is 1. The van der Waals surface area contributed by atoms with E-state index in [0.717, 1.165) is 93.6 Å². The largest absolute Gasteiger partial charge is 0.491 e. The Morgan fingerprint density at radius 1 is 0.873 bits per heavy atom. The fraction of sp³-hybridized carbons (Fsp3) is 0.491. The number of rotatable bonds is 20. The molecule has 4 fully saturated rings. The Morgan fingerprint density at radius 3 is 2.28 bits per heavy atom. The number of nitrogens with zero attached hydrogens (tertiary/aromatic N) is 7. The number of benzene rings is 4. The number of aliphatic hydroxyl groups is 1. The average Bonchev–Trinajstić information content (AvgIpc) is 4.12. The molecule has 382 valence electrons. The molecule has 0 bridgehead atoms. The van der Waals surface area contributed by atoms with Gasteiger partial charge in [0.2, 0.25) is 0 Å². The number of unbranched alkanes of at least 4 members (excludes halogenated alkanes) is 2. The van der Waals surface area contributed by atoms with Gasteiger partial charge in [-0.15, -0.1) is 0 Å². The third-order valence-electron chi connectivity index (χ3n) is 14.2. The summed E-state index contributed by atoms with van der Waals surface area (Å²) in [6.45, 7) is 11.6. The van der Waals surface area contributed by atoms with Crippen LogP contribution in [-0.4, -0.2) is 131 Å². The number of hydrogen-bond donors (Lipinski definition) is 2. The van der Waals surface area contributed by atoms with Crippen molar-refractivity contribution in [1.82, 2.24) is 24.6 Å². The summed E-state index contributed by atoms with van der Waals surface area (Å²) in [6.07, 6.45) is 8.07. The summed E-state index contributed by atoms with van der Waals surface area (Å²) < 4.78 is 73.9. The van der Waals surface area contributed by atoms with Gasteiger partial charge in [0.1, 0.15) is 42.2 Å². The molecule has 0 aliphatic carbocycles. The molecule has 0 radical (unpaired) electrons. The van der Waals surface area contributed by atoms with Crippen molar-refractivity contribution in [2.75, 3.05) is 86.0 Å². The number of carbonyl (C=O) groups excluding carboxylic acids is 1. The van der Waals surface area contributed by atoms with Crippen LogP contribution in [0.5, 0.6) is 11.5 Å². The summed E-state index contributed by atoms with van der Waals surface area (Å²) >= 11 is 0. The SMILES string of the molecule is CCCCCOc1ccc(NS2(c3ccc(N4CCN(c5ccc(OC[C@H]6OC[C@](Cn7cncn7)(c7ccc(F)cc7F)O6)cc5)CC4)cc3)CC(CN3CCCCC3CO)N(C(C)C)C2=O)cc1F. The third kappa shape index (κ3) is 11.3. The molecule has 9 rings (SSSR count). The molecule has 5 aromatic rings. The molecule has 2 N–H and O–H groups in total. The van der Waals surface area contributed by atoms with Gasteiger partial charge in [-0.3, -0.25) is 9.69 Å². The normalized spacial score (nSPS) is 24.9. The highest BCUT2D eigenvalue weighted by atomic mass is 32.3. The predicted octanol–water partition coefficient (Wildman–Crippen LogP) is 9.19. The molecule has 3 unspecified atom stereocenters. The van der Waals surface area contributed by atoms with Crippen LogP contribution in [0.2, 0.25) is 0 Å². The highest BCUT2D eigenvalue weighted by Gasteiger charge is 2.51. The maximum Gasteiger partial charge on any atom is 0.285 e. The minimum Gasteiger partial charge on any atom is -0.491 e. The van der Waals surface area contributed by atoms with Crippen LogP contribution in [0.15, 0.2) is 102 Å². The van der Waals surface area contributed by atoms with Gasteiger partial charge in [-0.25, -0.2) is 22.8 Å². The van der Waals surface area contributed by atoms with E-state index in [0.29, 0.717) is 30.3 Å². The number of anilines is 3. The lowest BCUT2D eigenvalue weighted by Crippen LogP contribution is -2.51. The van der Waals surface area contributed by atoms with Crippen molar-refractivity contribution in [3.8, 4) is 11.5 Å². The fourth-order valence-corrected chi connectivity index (χ4v) is 14.0. The van der Waals surface area contributed by atoms with Crippen LogP contribution in [0.25, 0.3) is 0 Å². The molecular weight excluding hydrogens is 934 g/mol. The quantitative estimate of drug-likeness (QED) is 0.0722. The number of halogens is 3. The van der Waals surface area contributed by atoms with E-state index >= 15 is 13.6 Å². The fourth-order valence-electron chi connectivity index (χ4n) is 10.5. The molecule has 1 amide bonds. The zero-order valence-electron chi connectivity index (χ0n) is 40.9. The minimum atomic E-state index is -2.42. The first-order chi connectivity index (χ1) is 34.5. The number of piperazine rings is 1. The van der Waals surface area contributed by atoms with Crippen LogP contribution in [-0.2, 0) is 21.6 Å². The Labute approximate surface area is 416 Å². The van der Waals surface area contributed by atoms with Gasteiger partial charge in [0, 0.05) is 90.2 Å². The number of aromatic nitrogens is 3. The van der Waals surface area contributed by atoms with Crippen LogP contribution in [0.3, 0.4) is 0 Å². The first kappa shape index (κ1) is 50.4. The second-order valence-corrected chi connectivity index (χ2v) is 22.1. The molecular formula is C53H67F3N8O6S. The number of aliphatic hydroxyl groups excluding tert-OH is 1. The molecule has 5 atom stereocenters. The van der Waals surface area contributed by atoms with Crippen molar-refractivity contribution < 1.29 is 42.0 Å². The lowest BCUT2D eigenvalue weighted by Gasteiger charge is -2.38. The van der Waals surface area contributed by atoms with Crippen molar-refractivity contribution in [1.29, 1.82) is 0 Å². The molecule has 71 heavy (non-hydrogen) atoms. The first-order valence-electron chi connectivity index (χ1n) is 25.1. The van der Waals surface area contributed by atoms with Crippen LogP contribution in [0.4, 0.5) is 35.0 Å². The van der Waals surface area contributed by atoms with Gasteiger partial charge in [0.25, 0.3) is 5.24 Å². The number of carbonyl (C=O) groups is 1. The highest BCUT2D eigenvalue weighted by Crippen LogP contribution is 2.62.